The van der Waals surface area contributed by atoms with Crippen molar-refractivity contribution in [2.45, 2.75) is 33.1 Å². The molecular weight excluding hydrogens is 236 g/mol. The molecule has 3 nitrogen and oxygen atoms in total. The van der Waals surface area contributed by atoms with Gasteiger partial charge in [-0.3, -0.25) is 4.79 Å². The maximum atomic E-state index is 12.5. The van der Waals surface area contributed by atoms with Crippen LogP contribution in [0.4, 0.5) is 5.69 Å². The Morgan fingerprint density at radius 3 is 2.63 bits per heavy atom. The maximum absolute atomic E-state index is 12.5. The van der Waals surface area contributed by atoms with E-state index in [0.717, 1.165) is 12.1 Å². The molecule has 0 aromatic heterocycles. The second kappa shape index (κ2) is 5.74. The molecule has 104 valence electrons. The van der Waals surface area contributed by atoms with Gasteiger partial charge in [-0.1, -0.05) is 19.9 Å². The predicted octanol–water partition coefficient (Wildman–Crippen LogP) is 2.37. The Labute approximate surface area is 115 Å². The summed E-state index contributed by atoms with van der Waals surface area (Å²) in [6.45, 7) is 4.50. The number of carbonyl (C=O) groups is 1. The number of amides is 1. The Morgan fingerprint density at radius 2 is 2.00 bits per heavy atom. The molecule has 0 fully saturated rings. The number of rotatable bonds is 4. The van der Waals surface area contributed by atoms with E-state index in [1.165, 1.54) is 24.0 Å². The van der Waals surface area contributed by atoms with E-state index < -0.39 is 0 Å². The van der Waals surface area contributed by atoms with Crippen LogP contribution in [0.3, 0.4) is 0 Å². The van der Waals surface area contributed by atoms with E-state index in [2.05, 4.69) is 18.2 Å². The number of nitrogens with zero attached hydrogens (tertiary/aromatic N) is 1. The Hall–Kier alpha value is -1.35. The number of benzene rings is 1. The van der Waals surface area contributed by atoms with E-state index in [-0.39, 0.29) is 17.7 Å². The lowest BCUT2D eigenvalue weighted by atomic mass is 9.94. The van der Waals surface area contributed by atoms with Gasteiger partial charge in [-0.2, -0.15) is 0 Å². The van der Waals surface area contributed by atoms with Crippen LogP contribution < -0.4 is 10.6 Å². The maximum Gasteiger partial charge on any atom is 0.231 e. The van der Waals surface area contributed by atoms with E-state index in [1.807, 2.05) is 20.9 Å². The molecular formula is C16H24N2O. The van der Waals surface area contributed by atoms with Crippen molar-refractivity contribution in [2.24, 2.45) is 17.6 Å². The predicted molar refractivity (Wildman–Crippen MR) is 79.3 cm³/mol. The fraction of sp³-hybridized carbons (Fsp3) is 0.562. The molecule has 0 radical (unpaired) electrons. The fourth-order valence-electron chi connectivity index (χ4n) is 2.80. The van der Waals surface area contributed by atoms with Crippen molar-refractivity contribution in [3.05, 3.63) is 29.3 Å². The summed E-state index contributed by atoms with van der Waals surface area (Å²) in [4.78, 5) is 14.2. The molecule has 1 unspecified atom stereocenters. The molecule has 1 atom stereocenters. The van der Waals surface area contributed by atoms with E-state index >= 15 is 0 Å². The molecule has 1 amide bonds. The summed E-state index contributed by atoms with van der Waals surface area (Å²) in [5.74, 6) is 0.295. The van der Waals surface area contributed by atoms with Crippen LogP contribution in [-0.2, 0) is 17.6 Å². The van der Waals surface area contributed by atoms with Gasteiger partial charge < -0.3 is 10.6 Å². The third kappa shape index (κ3) is 2.81. The molecule has 1 aliphatic rings. The molecule has 3 heteroatoms. The summed E-state index contributed by atoms with van der Waals surface area (Å²) in [6, 6.07) is 6.37. The minimum absolute atomic E-state index is 0.0988. The van der Waals surface area contributed by atoms with Crippen LogP contribution in [0.5, 0.6) is 0 Å². The lowest BCUT2D eigenvalue weighted by Gasteiger charge is -2.25. The smallest absolute Gasteiger partial charge is 0.231 e. The zero-order valence-corrected chi connectivity index (χ0v) is 12.1. The van der Waals surface area contributed by atoms with Gasteiger partial charge in [0.1, 0.15) is 0 Å². The van der Waals surface area contributed by atoms with Crippen LogP contribution >= 0.6 is 0 Å². The van der Waals surface area contributed by atoms with Gasteiger partial charge in [-0.25, -0.2) is 0 Å². The highest BCUT2D eigenvalue weighted by Gasteiger charge is 2.25. The summed E-state index contributed by atoms with van der Waals surface area (Å²) in [5.41, 5.74) is 9.55. The average molecular weight is 260 g/mol. The molecule has 19 heavy (non-hydrogen) atoms. The van der Waals surface area contributed by atoms with Crippen molar-refractivity contribution in [1.82, 2.24) is 0 Å². The van der Waals surface area contributed by atoms with Gasteiger partial charge in [-0.15, -0.1) is 0 Å². The highest BCUT2D eigenvalue weighted by molar-refractivity contribution is 5.95. The van der Waals surface area contributed by atoms with Crippen LogP contribution in [0.25, 0.3) is 0 Å². The Kier molecular flexibility index (Phi) is 4.25. The van der Waals surface area contributed by atoms with Gasteiger partial charge in [0.15, 0.2) is 0 Å². The SMILES string of the molecule is CC(C)C(CN)C(=O)N(C)c1ccc2c(c1)CCC2. The van der Waals surface area contributed by atoms with E-state index in [9.17, 15) is 4.79 Å². The van der Waals surface area contributed by atoms with Crippen LogP contribution in [0.15, 0.2) is 18.2 Å². The standard InChI is InChI=1S/C16H24N2O/c1-11(2)15(10-17)16(19)18(3)14-8-7-12-5-4-6-13(12)9-14/h7-9,11,15H,4-6,10,17H2,1-3H3. The third-order valence-electron chi connectivity index (χ3n) is 4.18. The summed E-state index contributed by atoms with van der Waals surface area (Å²) in [7, 11) is 1.85. The molecule has 0 saturated heterocycles. The highest BCUT2D eigenvalue weighted by Crippen LogP contribution is 2.27. The lowest BCUT2D eigenvalue weighted by Crippen LogP contribution is -2.39. The van der Waals surface area contributed by atoms with E-state index in [4.69, 9.17) is 5.73 Å². The number of fused-ring (bicyclic) bond motifs is 1. The summed E-state index contributed by atoms with van der Waals surface area (Å²) in [5, 5.41) is 0. The third-order valence-corrected chi connectivity index (χ3v) is 4.18. The molecule has 0 aliphatic heterocycles. The first kappa shape index (κ1) is 14.1. The van der Waals surface area contributed by atoms with Crippen molar-refractivity contribution < 1.29 is 4.79 Å². The van der Waals surface area contributed by atoms with Crippen LogP contribution in [0, 0.1) is 11.8 Å². The monoisotopic (exact) mass is 260 g/mol. The highest BCUT2D eigenvalue weighted by atomic mass is 16.2. The Morgan fingerprint density at radius 1 is 1.32 bits per heavy atom. The Balaban J connectivity index is 2.19. The number of aryl methyl sites for hydroxylation is 2. The average Bonchev–Trinajstić information content (AvgIpc) is 2.85. The molecule has 0 spiro atoms. The molecule has 0 saturated carbocycles. The fourth-order valence-corrected chi connectivity index (χ4v) is 2.80. The van der Waals surface area contributed by atoms with Gasteiger partial charge in [0, 0.05) is 19.3 Å². The molecule has 2 N–H and O–H groups in total. The van der Waals surface area contributed by atoms with Crippen LogP contribution in [-0.4, -0.2) is 19.5 Å². The largest absolute Gasteiger partial charge is 0.330 e. The number of hydrogen-bond acceptors (Lipinski definition) is 2. The van der Waals surface area contributed by atoms with Gasteiger partial charge >= 0.3 is 0 Å². The lowest BCUT2D eigenvalue weighted by molar-refractivity contribution is -0.123. The zero-order valence-electron chi connectivity index (χ0n) is 12.1. The van der Waals surface area contributed by atoms with Crippen molar-refractivity contribution in [1.29, 1.82) is 0 Å². The second-order valence-corrected chi connectivity index (χ2v) is 5.79. The van der Waals surface area contributed by atoms with Gasteiger partial charge in [0.05, 0.1) is 5.92 Å². The van der Waals surface area contributed by atoms with Crippen molar-refractivity contribution in [3.63, 3.8) is 0 Å². The number of hydrogen-bond donors (Lipinski definition) is 1. The van der Waals surface area contributed by atoms with E-state index in [1.54, 1.807) is 4.90 Å². The second-order valence-electron chi connectivity index (χ2n) is 5.79. The summed E-state index contributed by atoms with van der Waals surface area (Å²) in [6.07, 6.45) is 3.54. The van der Waals surface area contributed by atoms with Crippen LogP contribution in [0.1, 0.15) is 31.4 Å². The molecule has 0 heterocycles. The first-order chi connectivity index (χ1) is 9.04. The molecule has 1 aromatic rings. The summed E-state index contributed by atoms with van der Waals surface area (Å²) < 4.78 is 0. The van der Waals surface area contributed by atoms with Gasteiger partial charge in [0.25, 0.3) is 0 Å². The first-order valence-electron chi connectivity index (χ1n) is 7.14. The molecule has 1 aromatic carbocycles. The van der Waals surface area contributed by atoms with Crippen molar-refractivity contribution in [3.8, 4) is 0 Å². The van der Waals surface area contributed by atoms with Gasteiger partial charge in [-0.05, 0) is 48.4 Å². The normalized spacial score (nSPS) is 15.4. The number of carbonyl (C=O) groups excluding carboxylic acids is 1. The van der Waals surface area contributed by atoms with Gasteiger partial charge in [0.2, 0.25) is 5.91 Å². The number of nitrogens with two attached hydrogens (primary N) is 1. The molecule has 1 aliphatic carbocycles. The van der Waals surface area contributed by atoms with E-state index in [0.29, 0.717) is 6.54 Å². The van der Waals surface area contributed by atoms with Crippen molar-refractivity contribution in [2.75, 3.05) is 18.5 Å². The quantitative estimate of drug-likeness (QED) is 0.903. The first-order valence-corrected chi connectivity index (χ1v) is 7.14. The van der Waals surface area contributed by atoms with Crippen LogP contribution in [0.2, 0.25) is 0 Å². The Bertz CT molecular complexity index is 468. The molecule has 2 rings (SSSR count). The minimum atomic E-state index is -0.0988. The minimum Gasteiger partial charge on any atom is -0.330 e. The zero-order chi connectivity index (χ0) is 14.0. The topological polar surface area (TPSA) is 46.3 Å². The number of anilines is 1. The van der Waals surface area contributed by atoms with Crippen molar-refractivity contribution >= 4 is 11.6 Å². The molecule has 0 bridgehead atoms. The summed E-state index contributed by atoms with van der Waals surface area (Å²) >= 11 is 0.